The lowest BCUT2D eigenvalue weighted by molar-refractivity contribution is 0.112. The van der Waals surface area contributed by atoms with E-state index in [0.29, 0.717) is 11.3 Å². The summed E-state index contributed by atoms with van der Waals surface area (Å²) < 4.78 is 0. The Morgan fingerprint density at radius 1 is 0.941 bits per heavy atom. The van der Waals surface area contributed by atoms with Crippen LogP contribution in [-0.2, 0) is 0 Å². The number of nitrogens with two attached hydrogens (primary N) is 2. The van der Waals surface area contributed by atoms with Crippen molar-refractivity contribution in [3.05, 3.63) is 47.5 Å². The first kappa shape index (κ1) is 11.2. The topological polar surface area (TPSA) is 69.1 Å². The van der Waals surface area contributed by atoms with Gasteiger partial charge in [-0.3, -0.25) is 4.79 Å². The van der Waals surface area contributed by atoms with E-state index in [-0.39, 0.29) is 0 Å². The average Bonchev–Trinajstić information content (AvgIpc) is 2.33. The molecular formula is C14H14N2O. The van der Waals surface area contributed by atoms with E-state index in [0.717, 1.165) is 28.7 Å². The summed E-state index contributed by atoms with van der Waals surface area (Å²) in [5.74, 6) is 0. The highest BCUT2D eigenvalue weighted by Gasteiger charge is 2.03. The van der Waals surface area contributed by atoms with Crippen LogP contribution >= 0.6 is 0 Å². The number of anilines is 2. The van der Waals surface area contributed by atoms with Gasteiger partial charge in [0.25, 0.3) is 0 Å². The van der Waals surface area contributed by atoms with Crippen molar-refractivity contribution >= 4 is 17.7 Å². The van der Waals surface area contributed by atoms with Crippen molar-refractivity contribution in [1.29, 1.82) is 0 Å². The van der Waals surface area contributed by atoms with Crippen LogP contribution in [0.3, 0.4) is 0 Å². The molecule has 2 aromatic rings. The predicted molar refractivity (Wildman–Crippen MR) is 70.8 cm³/mol. The van der Waals surface area contributed by atoms with Crippen LogP contribution in [0.2, 0.25) is 0 Å². The van der Waals surface area contributed by atoms with Crippen LogP contribution in [0, 0.1) is 6.92 Å². The molecule has 0 aliphatic carbocycles. The summed E-state index contributed by atoms with van der Waals surface area (Å²) in [6.07, 6.45) is 0.767. The Kier molecular flexibility index (Phi) is 2.83. The van der Waals surface area contributed by atoms with Crippen LogP contribution in [0.5, 0.6) is 0 Å². The van der Waals surface area contributed by atoms with Gasteiger partial charge in [-0.2, -0.15) is 0 Å². The first-order chi connectivity index (χ1) is 8.11. The Labute approximate surface area is 100 Å². The minimum atomic E-state index is 0.496. The molecule has 2 rings (SSSR count). The highest BCUT2D eigenvalue weighted by molar-refractivity contribution is 5.86. The third-order valence-electron chi connectivity index (χ3n) is 2.82. The molecule has 0 spiro atoms. The van der Waals surface area contributed by atoms with Crippen molar-refractivity contribution in [2.24, 2.45) is 0 Å². The first-order valence-electron chi connectivity index (χ1n) is 5.33. The molecular weight excluding hydrogens is 212 g/mol. The van der Waals surface area contributed by atoms with E-state index in [9.17, 15) is 4.79 Å². The molecule has 0 aromatic heterocycles. The van der Waals surface area contributed by atoms with Crippen molar-refractivity contribution in [1.82, 2.24) is 0 Å². The van der Waals surface area contributed by atoms with Crippen molar-refractivity contribution < 1.29 is 4.79 Å². The quantitative estimate of drug-likeness (QED) is 0.611. The summed E-state index contributed by atoms with van der Waals surface area (Å²) >= 11 is 0. The van der Waals surface area contributed by atoms with E-state index in [2.05, 4.69) is 0 Å². The molecule has 3 nitrogen and oxygen atoms in total. The van der Waals surface area contributed by atoms with E-state index in [4.69, 9.17) is 11.5 Å². The minimum absolute atomic E-state index is 0.496. The van der Waals surface area contributed by atoms with Gasteiger partial charge < -0.3 is 11.5 Å². The number of aldehydes is 1. The fourth-order valence-corrected chi connectivity index (χ4v) is 1.71. The molecule has 0 aliphatic heterocycles. The third-order valence-corrected chi connectivity index (χ3v) is 2.82. The first-order valence-corrected chi connectivity index (χ1v) is 5.33. The Morgan fingerprint density at radius 3 is 2.12 bits per heavy atom. The van der Waals surface area contributed by atoms with Crippen molar-refractivity contribution in [2.45, 2.75) is 6.92 Å². The fourth-order valence-electron chi connectivity index (χ4n) is 1.71. The second kappa shape index (κ2) is 4.29. The lowest BCUT2D eigenvalue weighted by Crippen LogP contribution is -1.94. The van der Waals surface area contributed by atoms with Crippen molar-refractivity contribution in [2.75, 3.05) is 11.5 Å². The summed E-state index contributed by atoms with van der Waals surface area (Å²) in [6.45, 7) is 1.96. The van der Waals surface area contributed by atoms with Crippen LogP contribution in [-0.4, -0.2) is 6.29 Å². The molecule has 2 aromatic carbocycles. The van der Waals surface area contributed by atoms with Crippen LogP contribution in [0.25, 0.3) is 11.1 Å². The van der Waals surface area contributed by atoms with Gasteiger partial charge in [0.1, 0.15) is 0 Å². The Morgan fingerprint density at radius 2 is 1.53 bits per heavy atom. The Hall–Kier alpha value is -2.29. The standard InChI is InChI=1S/C14H14N2O/c1-9-6-10(2-4-13(9)15)11-3-5-14(16)12(7-11)8-17/h2-8H,15-16H2,1H3. The third kappa shape index (κ3) is 2.13. The van der Waals surface area contributed by atoms with Crippen LogP contribution in [0.15, 0.2) is 36.4 Å². The molecule has 0 saturated heterocycles. The van der Waals surface area contributed by atoms with Crippen LogP contribution in [0.1, 0.15) is 15.9 Å². The normalized spacial score (nSPS) is 10.2. The molecule has 0 unspecified atom stereocenters. The lowest BCUT2D eigenvalue weighted by Gasteiger charge is -2.07. The van der Waals surface area contributed by atoms with E-state index < -0.39 is 0 Å². The molecule has 0 atom stereocenters. The van der Waals surface area contributed by atoms with Gasteiger partial charge in [0, 0.05) is 16.9 Å². The molecule has 3 heteroatoms. The average molecular weight is 226 g/mol. The lowest BCUT2D eigenvalue weighted by atomic mass is 10.00. The monoisotopic (exact) mass is 226 g/mol. The summed E-state index contributed by atoms with van der Waals surface area (Å²) in [5.41, 5.74) is 16.2. The maximum absolute atomic E-state index is 10.8. The minimum Gasteiger partial charge on any atom is -0.399 e. The van der Waals surface area contributed by atoms with E-state index in [1.807, 2.05) is 31.2 Å². The summed E-state index contributed by atoms with van der Waals surface area (Å²) in [7, 11) is 0. The van der Waals surface area contributed by atoms with Gasteiger partial charge in [-0.25, -0.2) is 0 Å². The zero-order valence-electron chi connectivity index (χ0n) is 9.60. The SMILES string of the molecule is Cc1cc(-c2ccc(N)c(C=O)c2)ccc1N. The molecule has 0 heterocycles. The Bertz CT molecular complexity index is 576. The number of rotatable bonds is 2. The van der Waals surface area contributed by atoms with Crippen LogP contribution in [0.4, 0.5) is 11.4 Å². The van der Waals surface area contributed by atoms with E-state index in [1.54, 1.807) is 12.1 Å². The largest absolute Gasteiger partial charge is 0.399 e. The summed E-state index contributed by atoms with van der Waals surface area (Å²) in [6, 6.07) is 11.2. The van der Waals surface area contributed by atoms with Gasteiger partial charge in [-0.15, -0.1) is 0 Å². The molecule has 0 amide bonds. The Balaban J connectivity index is 2.52. The maximum Gasteiger partial charge on any atom is 0.152 e. The molecule has 0 bridgehead atoms. The van der Waals surface area contributed by atoms with E-state index >= 15 is 0 Å². The zero-order valence-corrected chi connectivity index (χ0v) is 9.60. The second-order valence-electron chi connectivity index (χ2n) is 4.03. The maximum atomic E-state index is 10.8. The fraction of sp³-hybridized carbons (Fsp3) is 0.0714. The zero-order chi connectivity index (χ0) is 12.4. The number of benzene rings is 2. The molecule has 0 radical (unpaired) electrons. The van der Waals surface area contributed by atoms with Gasteiger partial charge >= 0.3 is 0 Å². The number of carbonyl (C=O) groups excluding carboxylic acids is 1. The van der Waals surface area contributed by atoms with Gasteiger partial charge in [-0.05, 0) is 47.9 Å². The predicted octanol–water partition coefficient (Wildman–Crippen LogP) is 2.64. The molecule has 0 fully saturated rings. The van der Waals surface area contributed by atoms with Gasteiger partial charge in [0.05, 0.1) is 0 Å². The highest BCUT2D eigenvalue weighted by Crippen LogP contribution is 2.25. The highest BCUT2D eigenvalue weighted by atomic mass is 16.1. The number of hydrogen-bond acceptors (Lipinski definition) is 3. The van der Waals surface area contributed by atoms with Gasteiger partial charge in [0.15, 0.2) is 6.29 Å². The number of nitrogen functional groups attached to an aromatic ring is 2. The molecule has 0 saturated carbocycles. The molecule has 4 N–H and O–H groups in total. The van der Waals surface area contributed by atoms with Gasteiger partial charge in [0.2, 0.25) is 0 Å². The van der Waals surface area contributed by atoms with Gasteiger partial charge in [-0.1, -0.05) is 12.1 Å². The van der Waals surface area contributed by atoms with Crippen molar-refractivity contribution in [3.8, 4) is 11.1 Å². The number of carbonyl (C=O) groups is 1. The summed E-state index contributed by atoms with van der Waals surface area (Å²) in [4.78, 5) is 10.8. The number of aryl methyl sites for hydroxylation is 1. The summed E-state index contributed by atoms with van der Waals surface area (Å²) in [5, 5.41) is 0. The molecule has 86 valence electrons. The van der Waals surface area contributed by atoms with E-state index in [1.165, 1.54) is 0 Å². The molecule has 17 heavy (non-hydrogen) atoms. The number of hydrogen-bond donors (Lipinski definition) is 2. The second-order valence-corrected chi connectivity index (χ2v) is 4.03. The van der Waals surface area contributed by atoms with Crippen LogP contribution < -0.4 is 11.5 Å². The molecule has 0 aliphatic rings. The smallest absolute Gasteiger partial charge is 0.152 e. The van der Waals surface area contributed by atoms with Crippen molar-refractivity contribution in [3.63, 3.8) is 0 Å².